The van der Waals surface area contributed by atoms with Gasteiger partial charge in [-0.1, -0.05) is 272 Å². The molecule has 2 saturated heterocycles. The summed E-state index contributed by atoms with van der Waals surface area (Å²) in [5.74, 6) is -3.33. The summed E-state index contributed by atoms with van der Waals surface area (Å²) in [4.78, 5) is 96.3. The summed E-state index contributed by atoms with van der Waals surface area (Å²) in [6.45, 7) is 6.80. The lowest BCUT2D eigenvalue weighted by molar-refractivity contribution is -0.296. The van der Waals surface area contributed by atoms with Gasteiger partial charge < -0.3 is 74.3 Å². The van der Waals surface area contributed by atoms with Crippen LogP contribution in [0.3, 0.4) is 0 Å². The van der Waals surface area contributed by atoms with Crippen molar-refractivity contribution in [3.05, 3.63) is 0 Å². The third kappa shape index (κ3) is 43.1. The molecular weight excluding hydrogens is 1240 g/mol. The first kappa shape index (κ1) is 86.9. The van der Waals surface area contributed by atoms with Crippen molar-refractivity contribution in [1.29, 1.82) is 0 Å². The average Bonchev–Trinajstić information content (AvgIpc) is 0.808. The van der Waals surface area contributed by atoms with Crippen LogP contribution in [0.1, 0.15) is 323 Å². The summed E-state index contributed by atoms with van der Waals surface area (Å²) < 4.78 is 65.7. The minimum absolute atomic E-state index is 0.130. The fraction of sp³-hybridized carbons (Fsp3) is 0.941. The lowest BCUT2D eigenvalue weighted by atomic mass is 9.95. The largest absolute Gasteiger partial charge is 0.472 e. The Hall–Kier alpha value is -2.18. The Bertz CT molecular complexity index is 2000. The van der Waals surface area contributed by atoms with E-state index >= 15 is 0 Å². The Balaban J connectivity index is 2.49. The average molecular weight is 1370 g/mol. The quantitative estimate of drug-likeness (QED) is 0.0154. The number of carbonyl (C=O) groups is 4. The topological polar surface area (TPSA) is 353 Å². The van der Waals surface area contributed by atoms with E-state index in [9.17, 15) is 68.3 Å². The molecule has 0 aliphatic carbocycles. The molecule has 23 nitrogen and oxygen atoms in total. The predicted octanol–water partition coefficient (Wildman–Crippen LogP) is 12.9. The summed E-state index contributed by atoms with van der Waals surface area (Å²) in [5, 5.41) is 50.2. The number of unbranched alkanes of at least 4 members (excludes halogenated alkanes) is 36. The number of nitrogens with one attached hydrogen (secondary N) is 2. The van der Waals surface area contributed by atoms with Gasteiger partial charge in [-0.15, -0.1) is 0 Å². The van der Waals surface area contributed by atoms with Gasteiger partial charge in [0.1, 0.15) is 36.5 Å². The van der Waals surface area contributed by atoms with E-state index in [1.165, 1.54) is 77.0 Å². The molecule has 0 aromatic carbocycles. The molecule has 0 aromatic rings. The summed E-state index contributed by atoms with van der Waals surface area (Å²) in [7, 11) is -11.0. The molecule has 0 saturated carbocycles. The second-order valence-corrected chi connectivity index (χ2v) is 28.7. The molecule has 2 fully saturated rings. The lowest BCUT2D eigenvalue weighted by Crippen LogP contribution is -2.68. The molecule has 12 atom stereocenters. The molecule has 2 aliphatic rings. The number of aliphatic hydroxyl groups excluding tert-OH is 4. The van der Waals surface area contributed by atoms with E-state index in [4.69, 9.17) is 32.7 Å². The van der Waals surface area contributed by atoms with Gasteiger partial charge >= 0.3 is 27.6 Å². The number of phosphoric ester groups is 2. The van der Waals surface area contributed by atoms with Crippen molar-refractivity contribution in [1.82, 2.24) is 10.6 Å². The highest BCUT2D eigenvalue weighted by molar-refractivity contribution is 7.46. The Morgan fingerprint density at radius 2 is 0.731 bits per heavy atom. The van der Waals surface area contributed by atoms with Crippen molar-refractivity contribution in [2.45, 2.75) is 397 Å². The van der Waals surface area contributed by atoms with E-state index in [0.717, 1.165) is 141 Å². The minimum Gasteiger partial charge on any atom is -0.457 e. The lowest BCUT2D eigenvalue weighted by Gasteiger charge is -2.47. The van der Waals surface area contributed by atoms with E-state index < -0.39 is 139 Å². The van der Waals surface area contributed by atoms with E-state index in [1.807, 2.05) is 0 Å². The predicted molar refractivity (Wildman–Crippen MR) is 357 cm³/mol. The molecule has 93 heavy (non-hydrogen) atoms. The van der Waals surface area contributed by atoms with E-state index in [-0.39, 0.29) is 25.7 Å². The van der Waals surface area contributed by atoms with E-state index in [2.05, 4.69) is 38.3 Å². The maximum absolute atomic E-state index is 14.1. The van der Waals surface area contributed by atoms with Crippen molar-refractivity contribution < 1.29 is 101 Å². The number of hydrogen-bond donors (Lipinski definition) is 10. The Morgan fingerprint density at radius 1 is 0.419 bits per heavy atom. The summed E-state index contributed by atoms with van der Waals surface area (Å²) >= 11 is 0. The van der Waals surface area contributed by atoms with Crippen LogP contribution in [0.4, 0.5) is 0 Å². The van der Waals surface area contributed by atoms with Crippen LogP contribution in [0.2, 0.25) is 0 Å². The molecule has 0 aromatic heterocycles. The molecule has 2 amide bonds. The molecule has 25 heteroatoms. The van der Waals surface area contributed by atoms with Crippen LogP contribution in [0.15, 0.2) is 0 Å². The summed E-state index contributed by atoms with van der Waals surface area (Å²) in [6.07, 6.45) is 22.5. The van der Waals surface area contributed by atoms with Crippen LogP contribution in [-0.2, 0) is 61.0 Å². The number of amides is 2. The number of phosphoric acid groups is 2. The molecule has 2 unspecified atom stereocenters. The van der Waals surface area contributed by atoms with Gasteiger partial charge in [-0.05, 0) is 25.7 Å². The van der Waals surface area contributed by atoms with Gasteiger partial charge in [0.2, 0.25) is 11.8 Å². The summed E-state index contributed by atoms with van der Waals surface area (Å²) in [5.41, 5.74) is 0. The zero-order valence-corrected chi connectivity index (χ0v) is 59.4. The van der Waals surface area contributed by atoms with Gasteiger partial charge in [-0.3, -0.25) is 28.2 Å². The Morgan fingerprint density at radius 3 is 1.08 bits per heavy atom. The van der Waals surface area contributed by atoms with Crippen molar-refractivity contribution in [2.24, 2.45) is 0 Å². The van der Waals surface area contributed by atoms with Gasteiger partial charge in [-0.25, -0.2) is 9.13 Å². The van der Waals surface area contributed by atoms with Crippen LogP contribution < -0.4 is 10.6 Å². The maximum atomic E-state index is 14.1. The van der Waals surface area contributed by atoms with E-state index in [0.29, 0.717) is 38.5 Å². The van der Waals surface area contributed by atoms with Crippen molar-refractivity contribution in [3.8, 4) is 0 Å². The Kier molecular flexibility index (Phi) is 50.2. The van der Waals surface area contributed by atoms with E-state index in [1.54, 1.807) is 0 Å². The Labute approximate surface area is 558 Å². The molecular formula is C68H130N2O21P2. The van der Waals surface area contributed by atoms with Crippen LogP contribution in [0.5, 0.6) is 0 Å². The van der Waals surface area contributed by atoms with Gasteiger partial charge in [0, 0.05) is 12.8 Å². The number of aliphatic hydroxyl groups is 4. The van der Waals surface area contributed by atoms with Crippen LogP contribution in [0.25, 0.3) is 0 Å². The van der Waals surface area contributed by atoms with Gasteiger partial charge in [0.25, 0.3) is 0 Å². The molecule has 0 bridgehead atoms. The van der Waals surface area contributed by atoms with Crippen LogP contribution >= 0.6 is 15.6 Å². The highest BCUT2D eigenvalue weighted by Gasteiger charge is 2.54. The minimum atomic E-state index is -5.54. The van der Waals surface area contributed by atoms with Gasteiger partial charge in [0.15, 0.2) is 24.8 Å². The molecule has 2 aliphatic heterocycles. The highest BCUT2D eigenvalue weighted by atomic mass is 31.2. The third-order valence-corrected chi connectivity index (χ3v) is 18.7. The van der Waals surface area contributed by atoms with Crippen LogP contribution in [-0.4, -0.2) is 150 Å². The number of esters is 2. The first-order chi connectivity index (χ1) is 44.7. The number of ether oxygens (including phenoxy) is 5. The van der Waals surface area contributed by atoms with Gasteiger partial charge in [-0.2, -0.15) is 0 Å². The summed E-state index contributed by atoms with van der Waals surface area (Å²) in [6, 6.07) is -3.51. The monoisotopic (exact) mass is 1370 g/mol. The van der Waals surface area contributed by atoms with Crippen molar-refractivity contribution in [3.63, 3.8) is 0 Å². The van der Waals surface area contributed by atoms with Gasteiger partial charge in [0.05, 0.1) is 38.3 Å². The standard InChI is InChI=1S/C68H130N2O21P2/c1-5-9-13-17-21-25-27-31-35-39-43-47-59(76)88-65-61(69-57(74)49-53(72)45-41-37-33-29-23-19-15-11-7-3)68(91-93(82,83)84)87-56(63(65)78)52-85-67-62(70-58(75)50-54(73)46-42-38-34-30-24-20-16-12-8-4)66(64(55(51-71)86-67)90-92(79,80)81)89-60(77)48-44-40-36-32-28-26-22-18-14-10-6-2/h53-56,61-68,71-73,78H,5-52H2,1-4H3,(H,69,74)(H,70,75)(H2,79,80,81)(H2,82,83,84)/t53?,54?,55-,56-,61-,62-,63-,64-,65-,66-,67-,68+/m1/s1. The maximum Gasteiger partial charge on any atom is 0.472 e. The molecule has 10 N–H and O–H groups in total. The molecule has 2 rings (SSSR count). The fourth-order valence-electron chi connectivity index (χ4n) is 12.3. The second-order valence-electron chi connectivity index (χ2n) is 26.4. The second kappa shape index (κ2) is 53.7. The SMILES string of the molecule is CCCCCCCCCCCCCC(=O)O[C@@H]1[C@@H](NC(=O)CC(O)CCCCCCCCCCC)[C@H](OC[C@H]2O[C@@H](OP(=O)(O)O)[C@H](NC(=O)CC(O)CCCCCCCCCCC)[C@@H](OC(=O)CCCCCCCCCCCCC)[C@@H]2O)O[C@H](CO)[C@H]1OP(=O)(O)O. The molecule has 0 spiro atoms. The fourth-order valence-corrected chi connectivity index (χ4v) is 13.4. The first-order valence-electron chi connectivity index (χ1n) is 36.7. The highest BCUT2D eigenvalue weighted by Crippen LogP contribution is 2.44. The van der Waals surface area contributed by atoms with Crippen molar-refractivity contribution in [2.75, 3.05) is 13.2 Å². The zero-order valence-electron chi connectivity index (χ0n) is 57.6. The smallest absolute Gasteiger partial charge is 0.457 e. The molecule has 0 radical (unpaired) electrons. The first-order valence-corrected chi connectivity index (χ1v) is 39.8. The molecule has 2 heterocycles. The molecule has 548 valence electrons. The third-order valence-electron chi connectivity index (χ3n) is 17.7. The normalized spacial score (nSPS) is 22.5. The number of carbonyl (C=O) groups excluding carboxylic acids is 4. The number of rotatable bonds is 60. The zero-order chi connectivity index (χ0) is 68.5. The number of hydrogen-bond acceptors (Lipinski definition) is 17. The van der Waals surface area contributed by atoms with Crippen molar-refractivity contribution >= 4 is 39.4 Å². The van der Waals surface area contributed by atoms with Crippen LogP contribution in [0, 0.1) is 0 Å².